The highest BCUT2D eigenvalue weighted by atomic mass is 32.2. The van der Waals surface area contributed by atoms with Crippen LogP contribution in [0.1, 0.15) is 44.6 Å². The molecule has 1 fully saturated rings. The normalized spacial score (nSPS) is 17.2. The maximum Gasteiger partial charge on any atom is 0.0962 e. The van der Waals surface area contributed by atoms with Gasteiger partial charge in [-0.25, -0.2) is 4.98 Å². The Morgan fingerprint density at radius 2 is 2.12 bits per heavy atom. The molecule has 0 spiro atoms. The molecule has 1 heterocycles. The van der Waals surface area contributed by atoms with Gasteiger partial charge < -0.3 is 5.32 Å². The summed E-state index contributed by atoms with van der Waals surface area (Å²) in [6.07, 6.45) is 8.96. The van der Waals surface area contributed by atoms with Crippen LogP contribution in [0, 0.1) is 0 Å². The second-order valence-electron chi connectivity index (χ2n) is 4.66. The number of thioether (sulfide) groups is 1. The second kappa shape index (κ2) is 7.02. The predicted octanol–water partition coefficient (Wildman–Crippen LogP) is 3.62. The van der Waals surface area contributed by atoms with Gasteiger partial charge in [0.15, 0.2) is 0 Å². The van der Waals surface area contributed by atoms with Gasteiger partial charge in [0.1, 0.15) is 0 Å². The van der Waals surface area contributed by atoms with Crippen molar-refractivity contribution in [3.05, 3.63) is 23.9 Å². The molecule has 1 N–H and O–H groups in total. The van der Waals surface area contributed by atoms with Gasteiger partial charge in [0.05, 0.1) is 5.03 Å². The molecule has 0 bridgehead atoms. The van der Waals surface area contributed by atoms with Gasteiger partial charge in [0.25, 0.3) is 0 Å². The average Bonchev–Trinajstić information content (AvgIpc) is 2.39. The zero-order valence-corrected chi connectivity index (χ0v) is 11.4. The third kappa shape index (κ3) is 4.32. The highest BCUT2D eigenvalue weighted by molar-refractivity contribution is 7.99. The van der Waals surface area contributed by atoms with E-state index in [0.717, 1.165) is 18.3 Å². The summed E-state index contributed by atoms with van der Waals surface area (Å²) >= 11 is 1.97. The Hall–Kier alpha value is -0.540. The molecule has 0 atom stereocenters. The van der Waals surface area contributed by atoms with E-state index in [1.807, 2.05) is 18.0 Å². The van der Waals surface area contributed by atoms with Crippen LogP contribution in [-0.2, 0) is 6.54 Å². The zero-order chi connectivity index (χ0) is 11.9. The number of aromatic nitrogens is 1. The van der Waals surface area contributed by atoms with Crippen LogP contribution in [0.4, 0.5) is 0 Å². The molecule has 94 valence electrons. The van der Waals surface area contributed by atoms with Crippen molar-refractivity contribution in [1.29, 1.82) is 0 Å². The Bertz CT molecular complexity index is 317. The molecule has 0 saturated heterocycles. The minimum Gasteiger partial charge on any atom is -0.313 e. The summed E-state index contributed by atoms with van der Waals surface area (Å²) in [5.41, 5.74) is 1.28. The van der Waals surface area contributed by atoms with Crippen molar-refractivity contribution < 1.29 is 0 Å². The topological polar surface area (TPSA) is 24.9 Å². The van der Waals surface area contributed by atoms with Crippen molar-refractivity contribution >= 4 is 11.8 Å². The third-order valence-electron chi connectivity index (χ3n) is 3.22. The summed E-state index contributed by atoms with van der Waals surface area (Å²) in [6.45, 7) is 4.07. The summed E-state index contributed by atoms with van der Waals surface area (Å²) < 4.78 is 0. The Morgan fingerprint density at radius 1 is 1.29 bits per heavy atom. The molecule has 0 unspecified atom stereocenters. The highest BCUT2D eigenvalue weighted by Gasteiger charge is 2.14. The van der Waals surface area contributed by atoms with E-state index in [2.05, 4.69) is 29.4 Å². The van der Waals surface area contributed by atoms with E-state index >= 15 is 0 Å². The fourth-order valence-corrected chi connectivity index (χ4v) is 3.38. The molecule has 2 nitrogen and oxygen atoms in total. The van der Waals surface area contributed by atoms with Gasteiger partial charge in [0, 0.05) is 18.0 Å². The number of pyridine rings is 1. The largest absolute Gasteiger partial charge is 0.313 e. The Balaban J connectivity index is 1.84. The Kier molecular flexibility index (Phi) is 5.33. The zero-order valence-electron chi connectivity index (χ0n) is 10.6. The maximum atomic E-state index is 4.55. The first-order chi connectivity index (χ1) is 8.38. The van der Waals surface area contributed by atoms with E-state index in [9.17, 15) is 0 Å². The first-order valence-electron chi connectivity index (χ1n) is 6.71. The lowest BCUT2D eigenvalue weighted by Crippen LogP contribution is -2.12. The van der Waals surface area contributed by atoms with Gasteiger partial charge in [0.2, 0.25) is 0 Å². The fourth-order valence-electron chi connectivity index (χ4n) is 2.21. The van der Waals surface area contributed by atoms with Gasteiger partial charge in [-0.15, -0.1) is 11.8 Å². The standard InChI is InChI=1S/C14H22N2S/c1-2-15-10-12-8-9-14(16-11-12)17-13-6-4-3-5-7-13/h8-9,11,13,15H,2-7,10H2,1H3. The van der Waals surface area contributed by atoms with Gasteiger partial charge in [-0.3, -0.25) is 0 Å². The van der Waals surface area contributed by atoms with E-state index in [-0.39, 0.29) is 0 Å². The van der Waals surface area contributed by atoms with Gasteiger partial charge >= 0.3 is 0 Å². The van der Waals surface area contributed by atoms with E-state index in [4.69, 9.17) is 0 Å². The van der Waals surface area contributed by atoms with Crippen LogP contribution in [-0.4, -0.2) is 16.8 Å². The fraction of sp³-hybridized carbons (Fsp3) is 0.643. The molecule has 1 saturated carbocycles. The molecule has 2 rings (SSSR count). The van der Waals surface area contributed by atoms with Crippen molar-refractivity contribution in [3.8, 4) is 0 Å². The summed E-state index contributed by atoms with van der Waals surface area (Å²) in [6, 6.07) is 4.37. The number of hydrogen-bond donors (Lipinski definition) is 1. The molecule has 3 heteroatoms. The molecule has 17 heavy (non-hydrogen) atoms. The minimum absolute atomic E-state index is 0.802. The SMILES string of the molecule is CCNCc1ccc(SC2CCCCC2)nc1. The van der Waals surface area contributed by atoms with Crippen molar-refractivity contribution in [2.45, 2.75) is 55.8 Å². The Labute approximate surface area is 109 Å². The quantitative estimate of drug-likeness (QED) is 0.864. The maximum absolute atomic E-state index is 4.55. The third-order valence-corrected chi connectivity index (χ3v) is 4.50. The first-order valence-corrected chi connectivity index (χ1v) is 7.58. The first kappa shape index (κ1) is 12.9. The second-order valence-corrected chi connectivity index (χ2v) is 5.98. The van der Waals surface area contributed by atoms with Gasteiger partial charge in [-0.2, -0.15) is 0 Å². The highest BCUT2D eigenvalue weighted by Crippen LogP contribution is 2.32. The molecule has 1 aliphatic carbocycles. The molecular weight excluding hydrogens is 228 g/mol. The van der Waals surface area contributed by atoms with Gasteiger partial charge in [-0.05, 0) is 31.0 Å². The lowest BCUT2D eigenvalue weighted by Gasteiger charge is -2.20. The molecule has 1 aromatic rings. The summed E-state index contributed by atoms with van der Waals surface area (Å²) in [5, 5.41) is 5.31. The van der Waals surface area contributed by atoms with Crippen LogP contribution >= 0.6 is 11.8 Å². The number of nitrogens with one attached hydrogen (secondary N) is 1. The van der Waals surface area contributed by atoms with Crippen LogP contribution in [0.3, 0.4) is 0 Å². The summed E-state index contributed by atoms with van der Waals surface area (Å²) in [5.74, 6) is 0. The number of hydrogen-bond acceptors (Lipinski definition) is 3. The van der Waals surface area contributed by atoms with Crippen LogP contribution in [0.2, 0.25) is 0 Å². The lowest BCUT2D eigenvalue weighted by molar-refractivity contribution is 0.515. The van der Waals surface area contributed by atoms with E-state index in [1.165, 1.54) is 42.7 Å². The average molecular weight is 250 g/mol. The number of nitrogens with zero attached hydrogens (tertiary/aromatic N) is 1. The molecule has 0 aromatic carbocycles. The van der Waals surface area contributed by atoms with Crippen LogP contribution in [0.5, 0.6) is 0 Å². The summed E-state index contributed by atoms with van der Waals surface area (Å²) in [7, 11) is 0. The minimum atomic E-state index is 0.802. The van der Waals surface area contributed by atoms with Crippen molar-refractivity contribution in [3.63, 3.8) is 0 Å². The molecule has 1 aromatic heterocycles. The lowest BCUT2D eigenvalue weighted by atomic mass is 10.0. The predicted molar refractivity (Wildman–Crippen MR) is 74.3 cm³/mol. The monoisotopic (exact) mass is 250 g/mol. The molecule has 1 aliphatic rings. The molecule has 0 aliphatic heterocycles. The number of rotatable bonds is 5. The van der Waals surface area contributed by atoms with E-state index in [0.29, 0.717) is 0 Å². The molecule has 0 radical (unpaired) electrons. The summed E-state index contributed by atoms with van der Waals surface area (Å²) in [4.78, 5) is 4.55. The van der Waals surface area contributed by atoms with Crippen molar-refractivity contribution in [1.82, 2.24) is 10.3 Å². The van der Waals surface area contributed by atoms with E-state index < -0.39 is 0 Å². The van der Waals surface area contributed by atoms with Crippen molar-refractivity contribution in [2.24, 2.45) is 0 Å². The van der Waals surface area contributed by atoms with Crippen molar-refractivity contribution in [2.75, 3.05) is 6.54 Å². The van der Waals surface area contributed by atoms with Crippen LogP contribution in [0.15, 0.2) is 23.4 Å². The van der Waals surface area contributed by atoms with E-state index in [1.54, 1.807) is 0 Å². The smallest absolute Gasteiger partial charge is 0.0962 e. The molecular formula is C14H22N2S. The van der Waals surface area contributed by atoms with Crippen LogP contribution in [0.25, 0.3) is 0 Å². The Morgan fingerprint density at radius 3 is 2.76 bits per heavy atom. The van der Waals surface area contributed by atoms with Gasteiger partial charge in [-0.1, -0.05) is 32.3 Å². The van der Waals surface area contributed by atoms with Crippen LogP contribution < -0.4 is 5.32 Å². The molecule has 0 amide bonds.